The van der Waals surface area contributed by atoms with Crippen LogP contribution in [0, 0.1) is 35.0 Å². The van der Waals surface area contributed by atoms with Crippen LogP contribution in [0.2, 0.25) is 0 Å². The number of hydrogen-bond acceptors (Lipinski definition) is 4. The second kappa shape index (κ2) is 7.68. The van der Waals surface area contributed by atoms with Crippen molar-refractivity contribution in [2.75, 3.05) is 26.2 Å². The standard InChI is InChI=1S/C22H34N2O4/c1-14-3-15(2)12-24(11-14)19(25)13-28-20(26)10-23-21(27)22-7-16-4-17(8-22)6-18(5-16)9-22/h14-18H,3-13H2,1-2H3,(H,23,27)/t14-,15-,16?,17?,18?,22?/m0/s1. The Balaban J connectivity index is 1.21. The molecule has 4 aliphatic carbocycles. The van der Waals surface area contributed by atoms with Crippen molar-refractivity contribution in [1.29, 1.82) is 0 Å². The fraction of sp³-hybridized carbons (Fsp3) is 0.864. The van der Waals surface area contributed by atoms with E-state index in [9.17, 15) is 14.4 Å². The molecule has 4 saturated carbocycles. The molecule has 5 fully saturated rings. The van der Waals surface area contributed by atoms with Crippen molar-refractivity contribution in [3.63, 3.8) is 0 Å². The van der Waals surface area contributed by atoms with Crippen LogP contribution >= 0.6 is 0 Å². The normalized spacial score (nSPS) is 38.9. The molecule has 0 aromatic carbocycles. The average molecular weight is 391 g/mol. The second-order valence-corrected chi connectivity index (χ2v) is 10.3. The lowest BCUT2D eigenvalue weighted by Crippen LogP contribution is -2.54. The fourth-order valence-corrected chi connectivity index (χ4v) is 6.88. The summed E-state index contributed by atoms with van der Waals surface area (Å²) in [5, 5.41) is 2.82. The molecule has 2 atom stereocenters. The minimum absolute atomic E-state index is 0.0218. The van der Waals surface area contributed by atoms with Gasteiger partial charge in [-0.1, -0.05) is 13.8 Å². The predicted molar refractivity (Wildman–Crippen MR) is 104 cm³/mol. The number of nitrogens with zero attached hydrogens (tertiary/aromatic N) is 1. The van der Waals surface area contributed by atoms with Crippen molar-refractivity contribution in [3.05, 3.63) is 0 Å². The lowest BCUT2D eigenvalue weighted by Gasteiger charge is -2.55. The molecule has 1 aliphatic heterocycles. The number of rotatable bonds is 5. The number of esters is 1. The van der Waals surface area contributed by atoms with Crippen molar-refractivity contribution >= 4 is 17.8 Å². The number of likely N-dealkylation sites (tertiary alicyclic amines) is 1. The molecule has 4 bridgehead atoms. The van der Waals surface area contributed by atoms with Gasteiger partial charge in [-0.25, -0.2) is 0 Å². The maximum absolute atomic E-state index is 12.9. The lowest BCUT2D eigenvalue weighted by molar-refractivity contribution is -0.155. The quantitative estimate of drug-likeness (QED) is 0.731. The molecule has 1 N–H and O–H groups in total. The van der Waals surface area contributed by atoms with E-state index in [-0.39, 0.29) is 30.4 Å². The van der Waals surface area contributed by atoms with E-state index < -0.39 is 5.97 Å². The summed E-state index contributed by atoms with van der Waals surface area (Å²) < 4.78 is 5.15. The van der Waals surface area contributed by atoms with Gasteiger partial charge in [0, 0.05) is 18.5 Å². The monoisotopic (exact) mass is 390 g/mol. The number of hydrogen-bond donors (Lipinski definition) is 1. The number of ether oxygens (including phenoxy) is 1. The summed E-state index contributed by atoms with van der Waals surface area (Å²) in [5.74, 6) is 2.38. The highest BCUT2D eigenvalue weighted by Gasteiger charge is 2.54. The Morgan fingerprint density at radius 3 is 2.00 bits per heavy atom. The Bertz CT molecular complexity index is 601. The van der Waals surface area contributed by atoms with E-state index in [4.69, 9.17) is 4.74 Å². The third-order valence-electron chi connectivity index (χ3n) is 7.49. The zero-order valence-corrected chi connectivity index (χ0v) is 17.2. The average Bonchev–Trinajstić information content (AvgIpc) is 2.62. The highest BCUT2D eigenvalue weighted by molar-refractivity contribution is 5.87. The maximum Gasteiger partial charge on any atom is 0.325 e. The molecular weight excluding hydrogens is 356 g/mol. The summed E-state index contributed by atoms with van der Waals surface area (Å²) in [6, 6.07) is 0. The van der Waals surface area contributed by atoms with Crippen molar-refractivity contribution in [3.8, 4) is 0 Å². The van der Waals surface area contributed by atoms with Crippen LogP contribution in [0.15, 0.2) is 0 Å². The molecule has 6 heteroatoms. The summed E-state index contributed by atoms with van der Waals surface area (Å²) in [6.45, 7) is 5.36. The molecular formula is C22H34N2O4. The maximum atomic E-state index is 12.9. The van der Waals surface area contributed by atoms with Crippen LogP contribution in [-0.4, -0.2) is 48.9 Å². The Morgan fingerprint density at radius 1 is 0.929 bits per heavy atom. The zero-order valence-electron chi connectivity index (χ0n) is 17.2. The molecule has 5 aliphatic rings. The third kappa shape index (κ3) is 4.06. The summed E-state index contributed by atoms with van der Waals surface area (Å²) in [6.07, 6.45) is 7.90. The molecule has 2 amide bonds. The van der Waals surface area contributed by atoms with E-state index in [2.05, 4.69) is 19.2 Å². The molecule has 1 saturated heterocycles. The van der Waals surface area contributed by atoms with Gasteiger partial charge in [0.1, 0.15) is 6.54 Å². The van der Waals surface area contributed by atoms with Crippen molar-refractivity contribution in [1.82, 2.24) is 10.2 Å². The van der Waals surface area contributed by atoms with Crippen LogP contribution in [0.3, 0.4) is 0 Å². The van der Waals surface area contributed by atoms with Crippen LogP contribution in [0.25, 0.3) is 0 Å². The van der Waals surface area contributed by atoms with E-state index in [1.54, 1.807) is 4.90 Å². The molecule has 1 heterocycles. The van der Waals surface area contributed by atoms with Crippen LogP contribution in [-0.2, 0) is 19.1 Å². The minimum Gasteiger partial charge on any atom is -0.454 e. The van der Waals surface area contributed by atoms with Crippen LogP contribution in [0.1, 0.15) is 58.8 Å². The Kier molecular flexibility index (Phi) is 5.41. The summed E-state index contributed by atoms with van der Waals surface area (Å²) in [5.41, 5.74) is -0.259. The van der Waals surface area contributed by atoms with Crippen LogP contribution in [0.5, 0.6) is 0 Å². The molecule has 6 nitrogen and oxygen atoms in total. The van der Waals surface area contributed by atoms with E-state index in [0.717, 1.165) is 38.8 Å². The van der Waals surface area contributed by atoms with Crippen molar-refractivity contribution in [2.45, 2.75) is 58.8 Å². The van der Waals surface area contributed by atoms with Gasteiger partial charge < -0.3 is 15.0 Å². The largest absolute Gasteiger partial charge is 0.454 e. The van der Waals surface area contributed by atoms with E-state index in [1.807, 2.05) is 0 Å². The van der Waals surface area contributed by atoms with E-state index in [0.29, 0.717) is 29.6 Å². The van der Waals surface area contributed by atoms with Crippen LogP contribution < -0.4 is 5.32 Å². The van der Waals surface area contributed by atoms with Gasteiger partial charge >= 0.3 is 5.97 Å². The Morgan fingerprint density at radius 2 is 1.46 bits per heavy atom. The van der Waals surface area contributed by atoms with Gasteiger partial charge in [-0.3, -0.25) is 14.4 Å². The summed E-state index contributed by atoms with van der Waals surface area (Å²) in [7, 11) is 0. The van der Waals surface area contributed by atoms with Gasteiger partial charge in [-0.15, -0.1) is 0 Å². The fourth-order valence-electron chi connectivity index (χ4n) is 6.88. The van der Waals surface area contributed by atoms with Crippen LogP contribution in [0.4, 0.5) is 0 Å². The van der Waals surface area contributed by atoms with Gasteiger partial charge in [0.2, 0.25) is 5.91 Å². The number of piperidine rings is 1. The molecule has 0 aromatic rings. The SMILES string of the molecule is C[C@H]1C[C@H](C)CN(C(=O)COC(=O)CNC(=O)C23CC4CC(CC(C4)C2)C3)C1. The first kappa shape index (κ1) is 19.7. The van der Waals surface area contributed by atoms with Gasteiger partial charge in [-0.2, -0.15) is 0 Å². The highest BCUT2D eigenvalue weighted by Crippen LogP contribution is 2.60. The first-order chi connectivity index (χ1) is 13.3. The van der Waals surface area contributed by atoms with E-state index >= 15 is 0 Å². The van der Waals surface area contributed by atoms with E-state index in [1.165, 1.54) is 19.3 Å². The van der Waals surface area contributed by atoms with Gasteiger partial charge in [0.05, 0.1) is 0 Å². The lowest BCUT2D eigenvalue weighted by atomic mass is 9.49. The summed E-state index contributed by atoms with van der Waals surface area (Å²) >= 11 is 0. The molecule has 0 spiro atoms. The zero-order chi connectivity index (χ0) is 19.9. The number of amides is 2. The topological polar surface area (TPSA) is 75.7 Å². The molecule has 0 aromatic heterocycles. The number of nitrogens with one attached hydrogen (secondary N) is 1. The van der Waals surface area contributed by atoms with Gasteiger partial charge in [0.15, 0.2) is 6.61 Å². The third-order valence-corrected chi connectivity index (χ3v) is 7.49. The molecule has 0 radical (unpaired) electrons. The van der Waals surface area contributed by atoms with Crippen molar-refractivity contribution < 1.29 is 19.1 Å². The van der Waals surface area contributed by atoms with Gasteiger partial charge in [0.25, 0.3) is 5.91 Å². The molecule has 156 valence electrons. The van der Waals surface area contributed by atoms with Crippen molar-refractivity contribution in [2.24, 2.45) is 35.0 Å². The Labute approximate surface area is 167 Å². The number of carbonyl (C=O) groups is 3. The predicted octanol–water partition coefficient (Wildman–Crippen LogP) is 2.37. The summed E-state index contributed by atoms with van der Waals surface area (Å²) in [4.78, 5) is 39.1. The first-order valence-corrected chi connectivity index (χ1v) is 11.0. The first-order valence-electron chi connectivity index (χ1n) is 11.0. The second-order valence-electron chi connectivity index (χ2n) is 10.3. The molecule has 28 heavy (non-hydrogen) atoms. The van der Waals surface area contributed by atoms with Gasteiger partial charge in [-0.05, 0) is 74.5 Å². The Hall–Kier alpha value is -1.59. The minimum atomic E-state index is -0.524. The smallest absolute Gasteiger partial charge is 0.325 e. The molecule has 5 rings (SSSR count). The number of carbonyl (C=O) groups excluding carboxylic acids is 3. The molecule has 0 unspecified atom stereocenters. The highest BCUT2D eigenvalue weighted by atomic mass is 16.5.